The van der Waals surface area contributed by atoms with Crippen LogP contribution in [-0.2, 0) is 5.41 Å². The maximum absolute atomic E-state index is 10.5. The minimum atomic E-state index is -0.581. The number of benzene rings is 1. The molecule has 0 amide bonds. The van der Waals surface area contributed by atoms with Crippen molar-refractivity contribution in [3.8, 4) is 5.75 Å². The van der Waals surface area contributed by atoms with Crippen molar-refractivity contribution in [2.45, 2.75) is 50.5 Å². The number of para-hydroxylation sites is 1. The van der Waals surface area contributed by atoms with Crippen LogP contribution in [0.25, 0.3) is 0 Å². The molecule has 0 radical (unpaired) electrons. The third-order valence-electron chi connectivity index (χ3n) is 4.18. The number of hydrogen-bond donors (Lipinski definition) is 2. The summed E-state index contributed by atoms with van der Waals surface area (Å²) in [6.45, 7) is 2.19. The van der Waals surface area contributed by atoms with Crippen molar-refractivity contribution in [1.82, 2.24) is 0 Å². The summed E-state index contributed by atoms with van der Waals surface area (Å²) in [5.74, 6) is 0.266. The molecular weight excluding hydrogens is 248 g/mol. The number of aromatic hydroxyl groups is 1. The SMILES string of the molecule is CCCCCCC1(c2ccccc2O)C=CC=CC1O. The average molecular weight is 272 g/mol. The number of aliphatic hydroxyl groups excluding tert-OH is 1. The zero-order valence-electron chi connectivity index (χ0n) is 12.1. The first-order valence-corrected chi connectivity index (χ1v) is 7.53. The van der Waals surface area contributed by atoms with E-state index in [9.17, 15) is 10.2 Å². The molecule has 1 aromatic rings. The molecule has 2 N–H and O–H groups in total. The van der Waals surface area contributed by atoms with Crippen LogP contribution in [0.5, 0.6) is 5.75 Å². The lowest BCUT2D eigenvalue weighted by Gasteiger charge is -2.37. The first-order chi connectivity index (χ1) is 9.70. The van der Waals surface area contributed by atoms with E-state index in [1.165, 1.54) is 12.8 Å². The van der Waals surface area contributed by atoms with Crippen LogP contribution >= 0.6 is 0 Å². The maximum atomic E-state index is 10.5. The standard InChI is InChI=1S/C18H24O2/c1-2-3-4-8-13-18(14-9-7-12-17(18)20)15-10-5-6-11-16(15)19/h5-7,9-12,14,17,19-20H,2-4,8,13H2,1H3. The molecule has 0 fully saturated rings. The fourth-order valence-corrected chi connectivity index (χ4v) is 2.99. The maximum Gasteiger partial charge on any atom is 0.119 e. The summed E-state index contributed by atoms with van der Waals surface area (Å²) in [5, 5.41) is 20.7. The van der Waals surface area contributed by atoms with Gasteiger partial charge in [0.05, 0.1) is 6.10 Å². The first-order valence-electron chi connectivity index (χ1n) is 7.53. The Morgan fingerprint density at radius 2 is 1.90 bits per heavy atom. The molecule has 1 aliphatic carbocycles. The number of phenols is 1. The van der Waals surface area contributed by atoms with Gasteiger partial charge in [0.15, 0.2) is 0 Å². The molecule has 0 saturated carbocycles. The fraction of sp³-hybridized carbons (Fsp3) is 0.444. The Morgan fingerprint density at radius 1 is 1.10 bits per heavy atom. The molecule has 2 nitrogen and oxygen atoms in total. The van der Waals surface area contributed by atoms with Gasteiger partial charge in [0.2, 0.25) is 0 Å². The summed E-state index contributed by atoms with van der Waals surface area (Å²) >= 11 is 0. The highest BCUT2D eigenvalue weighted by atomic mass is 16.3. The fourth-order valence-electron chi connectivity index (χ4n) is 2.99. The van der Waals surface area contributed by atoms with Crippen LogP contribution in [0.3, 0.4) is 0 Å². The van der Waals surface area contributed by atoms with Crippen molar-refractivity contribution in [3.63, 3.8) is 0 Å². The van der Waals surface area contributed by atoms with Gasteiger partial charge in [-0.3, -0.25) is 0 Å². The molecule has 0 saturated heterocycles. The van der Waals surface area contributed by atoms with Gasteiger partial charge in [-0.2, -0.15) is 0 Å². The second-order valence-corrected chi connectivity index (χ2v) is 5.56. The monoisotopic (exact) mass is 272 g/mol. The molecule has 0 heterocycles. The van der Waals surface area contributed by atoms with Crippen LogP contribution in [0.15, 0.2) is 48.6 Å². The van der Waals surface area contributed by atoms with Crippen molar-refractivity contribution in [3.05, 3.63) is 54.1 Å². The average Bonchev–Trinajstić information content (AvgIpc) is 2.46. The van der Waals surface area contributed by atoms with Crippen molar-refractivity contribution in [2.75, 3.05) is 0 Å². The van der Waals surface area contributed by atoms with E-state index in [1.807, 2.05) is 42.5 Å². The molecule has 2 rings (SSSR count). The Kier molecular flexibility index (Phi) is 5.02. The summed E-state index contributed by atoms with van der Waals surface area (Å²) in [4.78, 5) is 0. The molecule has 0 aliphatic heterocycles. The highest BCUT2D eigenvalue weighted by Crippen LogP contribution is 2.41. The Labute approximate surface area is 121 Å². The van der Waals surface area contributed by atoms with E-state index in [0.29, 0.717) is 0 Å². The van der Waals surface area contributed by atoms with Crippen LogP contribution in [0.4, 0.5) is 0 Å². The van der Waals surface area contributed by atoms with E-state index in [0.717, 1.165) is 24.8 Å². The third-order valence-corrected chi connectivity index (χ3v) is 4.18. The summed E-state index contributed by atoms with van der Waals surface area (Å²) < 4.78 is 0. The lowest BCUT2D eigenvalue weighted by atomic mass is 9.69. The van der Waals surface area contributed by atoms with Crippen LogP contribution < -0.4 is 0 Å². The zero-order chi connectivity index (χ0) is 14.4. The van der Waals surface area contributed by atoms with Gasteiger partial charge in [-0.25, -0.2) is 0 Å². The Bertz CT molecular complexity index is 490. The quantitative estimate of drug-likeness (QED) is 0.766. The minimum absolute atomic E-state index is 0.266. The second kappa shape index (κ2) is 6.76. The van der Waals surface area contributed by atoms with Crippen LogP contribution in [0.1, 0.15) is 44.6 Å². The second-order valence-electron chi connectivity index (χ2n) is 5.56. The van der Waals surface area contributed by atoms with Gasteiger partial charge in [0.25, 0.3) is 0 Å². The Morgan fingerprint density at radius 3 is 2.60 bits per heavy atom. The summed E-state index contributed by atoms with van der Waals surface area (Å²) in [7, 11) is 0. The van der Waals surface area contributed by atoms with E-state index in [2.05, 4.69) is 6.92 Å². The Balaban J connectivity index is 2.28. The van der Waals surface area contributed by atoms with Gasteiger partial charge in [0.1, 0.15) is 5.75 Å². The van der Waals surface area contributed by atoms with Crippen LogP contribution in [0.2, 0.25) is 0 Å². The first kappa shape index (κ1) is 14.9. The number of aliphatic hydroxyl groups is 1. The van der Waals surface area contributed by atoms with Crippen molar-refractivity contribution >= 4 is 0 Å². The van der Waals surface area contributed by atoms with E-state index in [4.69, 9.17) is 0 Å². The van der Waals surface area contributed by atoms with Crippen molar-refractivity contribution in [1.29, 1.82) is 0 Å². The molecule has 2 atom stereocenters. The summed E-state index contributed by atoms with van der Waals surface area (Å²) in [6, 6.07) is 7.35. The molecule has 1 aliphatic rings. The van der Waals surface area contributed by atoms with Gasteiger partial charge in [-0.15, -0.1) is 0 Å². The molecule has 2 unspecified atom stereocenters. The number of rotatable bonds is 6. The predicted octanol–water partition coefficient (Wildman–Crippen LogP) is 4.09. The number of phenolic OH excluding ortho intramolecular Hbond substituents is 1. The molecule has 108 valence electrons. The van der Waals surface area contributed by atoms with E-state index in [1.54, 1.807) is 6.07 Å². The summed E-state index contributed by atoms with van der Waals surface area (Å²) in [6.07, 6.45) is 12.6. The molecular formula is C18H24O2. The van der Waals surface area contributed by atoms with Gasteiger partial charge < -0.3 is 10.2 Å². The predicted molar refractivity (Wildman–Crippen MR) is 82.8 cm³/mol. The van der Waals surface area contributed by atoms with Gasteiger partial charge in [0, 0.05) is 11.0 Å². The number of allylic oxidation sites excluding steroid dienone is 2. The zero-order valence-corrected chi connectivity index (χ0v) is 12.1. The van der Waals surface area contributed by atoms with Crippen LogP contribution in [-0.4, -0.2) is 16.3 Å². The van der Waals surface area contributed by atoms with Crippen molar-refractivity contribution < 1.29 is 10.2 Å². The van der Waals surface area contributed by atoms with Crippen LogP contribution in [0, 0.1) is 0 Å². The van der Waals surface area contributed by atoms with E-state index >= 15 is 0 Å². The van der Waals surface area contributed by atoms with Gasteiger partial charge in [-0.05, 0) is 12.5 Å². The lowest BCUT2D eigenvalue weighted by Crippen LogP contribution is -2.38. The molecule has 0 bridgehead atoms. The van der Waals surface area contributed by atoms with Crippen molar-refractivity contribution in [2.24, 2.45) is 0 Å². The molecule has 1 aromatic carbocycles. The molecule has 0 spiro atoms. The third kappa shape index (κ3) is 2.96. The van der Waals surface area contributed by atoms with E-state index in [-0.39, 0.29) is 5.75 Å². The highest BCUT2D eigenvalue weighted by Gasteiger charge is 2.38. The normalized spacial score (nSPS) is 25.0. The number of unbranched alkanes of at least 4 members (excludes halogenated alkanes) is 3. The largest absolute Gasteiger partial charge is 0.508 e. The van der Waals surface area contributed by atoms with Gasteiger partial charge >= 0.3 is 0 Å². The van der Waals surface area contributed by atoms with E-state index < -0.39 is 11.5 Å². The molecule has 0 aromatic heterocycles. The molecule has 20 heavy (non-hydrogen) atoms. The lowest BCUT2D eigenvalue weighted by molar-refractivity contribution is 0.138. The Hall–Kier alpha value is -1.54. The minimum Gasteiger partial charge on any atom is -0.508 e. The topological polar surface area (TPSA) is 40.5 Å². The smallest absolute Gasteiger partial charge is 0.119 e. The highest BCUT2D eigenvalue weighted by molar-refractivity contribution is 5.46. The summed E-state index contributed by atoms with van der Waals surface area (Å²) in [5.41, 5.74) is 0.331. The number of hydrogen-bond acceptors (Lipinski definition) is 2. The van der Waals surface area contributed by atoms with Gasteiger partial charge in [-0.1, -0.05) is 75.1 Å². The molecule has 2 heteroatoms.